The number of nitrogens with zero attached hydrogens (tertiary/aromatic N) is 1. The van der Waals surface area contributed by atoms with Crippen LogP contribution in [0.5, 0.6) is 5.75 Å². The fourth-order valence-electron chi connectivity index (χ4n) is 1.97. The standard InChI is InChI=1S/C14H17BrN2OS/c1-3-4-11-13(19-14(16)17-11)8-9-5-6-10(15)12(7-9)18-2/h5-7H,3-4,8H2,1-2H3,(H2,16,17). The molecule has 1 aromatic heterocycles. The van der Waals surface area contributed by atoms with E-state index in [1.807, 2.05) is 6.07 Å². The van der Waals surface area contributed by atoms with Gasteiger partial charge in [-0.1, -0.05) is 19.4 Å². The molecule has 3 nitrogen and oxygen atoms in total. The Bertz CT molecular complexity index is 569. The smallest absolute Gasteiger partial charge is 0.180 e. The number of aryl methyl sites for hydroxylation is 1. The minimum Gasteiger partial charge on any atom is -0.496 e. The summed E-state index contributed by atoms with van der Waals surface area (Å²) in [5, 5.41) is 0.655. The Kier molecular flexibility index (Phi) is 4.82. The number of rotatable bonds is 5. The summed E-state index contributed by atoms with van der Waals surface area (Å²) < 4.78 is 6.29. The third-order valence-electron chi connectivity index (χ3n) is 2.86. The van der Waals surface area contributed by atoms with Crippen LogP contribution in [0.1, 0.15) is 29.5 Å². The number of hydrogen-bond acceptors (Lipinski definition) is 4. The Morgan fingerprint density at radius 1 is 1.42 bits per heavy atom. The molecule has 0 atom stereocenters. The van der Waals surface area contributed by atoms with Crippen molar-refractivity contribution in [2.24, 2.45) is 0 Å². The van der Waals surface area contributed by atoms with Gasteiger partial charge in [0.25, 0.3) is 0 Å². The highest BCUT2D eigenvalue weighted by Gasteiger charge is 2.10. The van der Waals surface area contributed by atoms with Crippen LogP contribution < -0.4 is 10.5 Å². The second-order valence-electron chi connectivity index (χ2n) is 4.32. The first-order chi connectivity index (χ1) is 9.13. The lowest BCUT2D eigenvalue weighted by molar-refractivity contribution is 0.411. The fraction of sp³-hybridized carbons (Fsp3) is 0.357. The van der Waals surface area contributed by atoms with E-state index in [0.29, 0.717) is 5.13 Å². The van der Waals surface area contributed by atoms with Crippen LogP contribution in [0.4, 0.5) is 5.13 Å². The van der Waals surface area contributed by atoms with Crippen molar-refractivity contribution >= 4 is 32.4 Å². The number of aromatic nitrogens is 1. The molecule has 0 radical (unpaired) electrons. The molecule has 0 bridgehead atoms. The SMILES string of the molecule is CCCc1nc(N)sc1Cc1ccc(Br)c(OC)c1. The predicted molar refractivity (Wildman–Crippen MR) is 84.0 cm³/mol. The van der Waals surface area contributed by atoms with E-state index in [9.17, 15) is 0 Å². The van der Waals surface area contributed by atoms with E-state index in [0.717, 1.165) is 35.2 Å². The van der Waals surface area contributed by atoms with E-state index in [-0.39, 0.29) is 0 Å². The summed E-state index contributed by atoms with van der Waals surface area (Å²) in [6.45, 7) is 2.15. The molecule has 0 saturated carbocycles. The number of halogens is 1. The van der Waals surface area contributed by atoms with Crippen LogP contribution >= 0.6 is 27.3 Å². The minimum atomic E-state index is 0.655. The number of anilines is 1. The Morgan fingerprint density at radius 2 is 2.21 bits per heavy atom. The molecular formula is C14H17BrN2OS. The Hall–Kier alpha value is -1.07. The van der Waals surface area contributed by atoms with Gasteiger partial charge in [0, 0.05) is 11.3 Å². The van der Waals surface area contributed by atoms with E-state index < -0.39 is 0 Å². The van der Waals surface area contributed by atoms with Crippen LogP contribution in [0.2, 0.25) is 0 Å². The lowest BCUT2D eigenvalue weighted by Gasteiger charge is -2.06. The number of benzene rings is 1. The first-order valence-corrected chi connectivity index (χ1v) is 7.81. The lowest BCUT2D eigenvalue weighted by atomic mass is 10.1. The first-order valence-electron chi connectivity index (χ1n) is 6.20. The van der Waals surface area contributed by atoms with Gasteiger partial charge in [-0.15, -0.1) is 11.3 Å². The zero-order valence-electron chi connectivity index (χ0n) is 11.1. The molecule has 0 fully saturated rings. The minimum absolute atomic E-state index is 0.655. The van der Waals surface area contributed by atoms with Crippen molar-refractivity contribution in [3.63, 3.8) is 0 Å². The van der Waals surface area contributed by atoms with E-state index in [4.69, 9.17) is 10.5 Å². The number of thiazole rings is 1. The quantitative estimate of drug-likeness (QED) is 0.893. The monoisotopic (exact) mass is 340 g/mol. The summed E-state index contributed by atoms with van der Waals surface area (Å²) in [6.07, 6.45) is 2.92. The molecule has 0 unspecified atom stereocenters. The maximum absolute atomic E-state index is 5.82. The molecule has 0 aliphatic rings. The van der Waals surface area contributed by atoms with E-state index >= 15 is 0 Å². The van der Waals surface area contributed by atoms with Crippen LogP contribution in [-0.4, -0.2) is 12.1 Å². The van der Waals surface area contributed by atoms with Gasteiger partial charge in [0.15, 0.2) is 5.13 Å². The van der Waals surface area contributed by atoms with Crippen LogP contribution in [0.25, 0.3) is 0 Å². The topological polar surface area (TPSA) is 48.1 Å². The third-order valence-corrected chi connectivity index (χ3v) is 4.44. The molecule has 0 aliphatic heterocycles. The van der Waals surface area contributed by atoms with E-state index in [1.54, 1.807) is 18.4 Å². The second kappa shape index (κ2) is 6.39. The van der Waals surface area contributed by atoms with Crippen LogP contribution in [0.15, 0.2) is 22.7 Å². The molecule has 19 heavy (non-hydrogen) atoms. The van der Waals surface area contributed by atoms with Crippen LogP contribution in [0.3, 0.4) is 0 Å². The lowest BCUT2D eigenvalue weighted by Crippen LogP contribution is -1.94. The number of methoxy groups -OCH3 is 1. The van der Waals surface area contributed by atoms with Gasteiger partial charge >= 0.3 is 0 Å². The summed E-state index contributed by atoms with van der Waals surface area (Å²) in [6, 6.07) is 6.16. The molecular weight excluding hydrogens is 324 g/mol. The average Bonchev–Trinajstić information content (AvgIpc) is 2.72. The average molecular weight is 341 g/mol. The molecule has 2 rings (SSSR count). The maximum Gasteiger partial charge on any atom is 0.180 e. The number of nitrogen functional groups attached to an aromatic ring is 1. The Morgan fingerprint density at radius 3 is 2.89 bits per heavy atom. The van der Waals surface area contributed by atoms with Gasteiger partial charge in [0.1, 0.15) is 5.75 Å². The molecule has 1 heterocycles. The van der Waals surface area contributed by atoms with Crippen molar-refractivity contribution < 1.29 is 4.74 Å². The molecule has 0 aliphatic carbocycles. The zero-order valence-corrected chi connectivity index (χ0v) is 13.5. The highest BCUT2D eigenvalue weighted by molar-refractivity contribution is 9.10. The van der Waals surface area contributed by atoms with Gasteiger partial charge in [-0.2, -0.15) is 0 Å². The van der Waals surface area contributed by atoms with Crippen molar-refractivity contribution in [2.75, 3.05) is 12.8 Å². The molecule has 0 saturated heterocycles. The summed E-state index contributed by atoms with van der Waals surface area (Å²) in [5.41, 5.74) is 8.16. The zero-order chi connectivity index (χ0) is 13.8. The van der Waals surface area contributed by atoms with Gasteiger partial charge in [-0.05, 0) is 40.0 Å². The van der Waals surface area contributed by atoms with Crippen molar-refractivity contribution in [1.29, 1.82) is 0 Å². The van der Waals surface area contributed by atoms with Gasteiger partial charge in [-0.25, -0.2) is 4.98 Å². The fourth-order valence-corrected chi connectivity index (χ4v) is 3.29. The number of ether oxygens (including phenoxy) is 1. The summed E-state index contributed by atoms with van der Waals surface area (Å²) in [5.74, 6) is 0.854. The predicted octanol–water partition coefficient (Wildman–Crippen LogP) is 4.04. The van der Waals surface area contributed by atoms with E-state index in [1.165, 1.54) is 10.4 Å². The van der Waals surface area contributed by atoms with Crippen molar-refractivity contribution in [3.8, 4) is 5.75 Å². The van der Waals surface area contributed by atoms with Gasteiger partial charge < -0.3 is 10.5 Å². The van der Waals surface area contributed by atoms with Crippen LogP contribution in [0, 0.1) is 0 Å². The van der Waals surface area contributed by atoms with E-state index in [2.05, 4.69) is 40.0 Å². The second-order valence-corrected chi connectivity index (χ2v) is 6.29. The first kappa shape index (κ1) is 14.3. The number of nitrogens with two attached hydrogens (primary N) is 1. The summed E-state index contributed by atoms with van der Waals surface area (Å²) in [7, 11) is 1.68. The Balaban J connectivity index is 2.25. The maximum atomic E-state index is 5.82. The van der Waals surface area contributed by atoms with Gasteiger partial charge in [0.05, 0.1) is 17.3 Å². The molecule has 0 spiro atoms. The van der Waals surface area contributed by atoms with Gasteiger partial charge in [-0.3, -0.25) is 0 Å². The molecule has 2 aromatic rings. The van der Waals surface area contributed by atoms with Crippen molar-refractivity contribution in [3.05, 3.63) is 38.8 Å². The molecule has 1 aromatic carbocycles. The molecule has 2 N–H and O–H groups in total. The largest absolute Gasteiger partial charge is 0.496 e. The van der Waals surface area contributed by atoms with Crippen LogP contribution in [-0.2, 0) is 12.8 Å². The van der Waals surface area contributed by atoms with Crippen molar-refractivity contribution in [2.45, 2.75) is 26.2 Å². The molecule has 102 valence electrons. The highest BCUT2D eigenvalue weighted by Crippen LogP contribution is 2.29. The van der Waals surface area contributed by atoms with Gasteiger partial charge in [0.2, 0.25) is 0 Å². The van der Waals surface area contributed by atoms with Crippen molar-refractivity contribution in [1.82, 2.24) is 4.98 Å². The third kappa shape index (κ3) is 3.48. The molecule has 5 heteroatoms. The highest BCUT2D eigenvalue weighted by atomic mass is 79.9. The normalized spacial score (nSPS) is 10.7. The summed E-state index contributed by atoms with van der Waals surface area (Å²) >= 11 is 5.05. The summed E-state index contributed by atoms with van der Waals surface area (Å²) in [4.78, 5) is 5.67. The Labute approximate surface area is 125 Å². The molecule has 0 amide bonds. The number of hydrogen-bond donors (Lipinski definition) is 1.